The summed E-state index contributed by atoms with van der Waals surface area (Å²) in [5.41, 5.74) is 0.761. The van der Waals surface area contributed by atoms with Crippen molar-refractivity contribution in [2.45, 2.75) is 33.7 Å². The molecule has 0 heterocycles. The topological polar surface area (TPSA) is 29.1 Å². The lowest BCUT2D eigenvalue weighted by Crippen LogP contribution is -2.35. The Hall–Kier alpha value is -1.02. The summed E-state index contributed by atoms with van der Waals surface area (Å²) in [7, 11) is 0. The van der Waals surface area contributed by atoms with Crippen LogP contribution in [0.1, 0.15) is 32.8 Å². The molecule has 1 aromatic carbocycles. The summed E-state index contributed by atoms with van der Waals surface area (Å²) >= 11 is 5.78. The smallest absolute Gasteiger partial charge is 0.225 e. The minimum Gasteiger partial charge on any atom is -0.352 e. The van der Waals surface area contributed by atoms with Crippen LogP contribution in [-0.2, 0) is 11.3 Å². The first-order valence-electron chi connectivity index (χ1n) is 5.48. The van der Waals surface area contributed by atoms with Gasteiger partial charge in [-0.3, -0.25) is 4.79 Å². The number of carbonyl (C=O) groups is 1. The maximum absolute atomic E-state index is 11.8. The van der Waals surface area contributed by atoms with Gasteiger partial charge >= 0.3 is 0 Å². The standard InChI is InChI=1S/C13H18ClNO/c1-4-13(2,3)12(16)15-9-10-5-7-11(14)8-6-10/h5-8H,4,9H2,1-3H3,(H,15,16). The molecule has 0 saturated heterocycles. The van der Waals surface area contributed by atoms with Crippen molar-refractivity contribution < 1.29 is 4.79 Å². The molecule has 1 aromatic rings. The predicted octanol–water partition coefficient (Wildman–Crippen LogP) is 3.39. The van der Waals surface area contributed by atoms with Crippen LogP contribution in [0, 0.1) is 5.41 Å². The van der Waals surface area contributed by atoms with Gasteiger partial charge in [0.1, 0.15) is 0 Å². The third-order valence-electron chi connectivity index (χ3n) is 2.86. The van der Waals surface area contributed by atoms with E-state index < -0.39 is 0 Å². The second kappa shape index (κ2) is 5.35. The average molecular weight is 240 g/mol. The number of rotatable bonds is 4. The highest BCUT2D eigenvalue weighted by Crippen LogP contribution is 2.19. The zero-order valence-corrected chi connectivity index (χ0v) is 10.8. The van der Waals surface area contributed by atoms with Gasteiger partial charge in [0.05, 0.1) is 0 Å². The summed E-state index contributed by atoms with van der Waals surface area (Å²) in [4.78, 5) is 11.8. The molecule has 0 spiro atoms. The highest BCUT2D eigenvalue weighted by atomic mass is 35.5. The van der Waals surface area contributed by atoms with Gasteiger partial charge in [-0.1, -0.05) is 44.5 Å². The molecule has 0 fully saturated rings. The van der Waals surface area contributed by atoms with Crippen LogP contribution in [0.3, 0.4) is 0 Å². The molecule has 0 unspecified atom stereocenters. The van der Waals surface area contributed by atoms with Crippen molar-refractivity contribution in [2.75, 3.05) is 0 Å². The fraction of sp³-hybridized carbons (Fsp3) is 0.462. The van der Waals surface area contributed by atoms with Crippen LogP contribution in [-0.4, -0.2) is 5.91 Å². The van der Waals surface area contributed by atoms with Crippen LogP contribution in [0.2, 0.25) is 5.02 Å². The lowest BCUT2D eigenvalue weighted by atomic mass is 9.89. The molecule has 0 saturated carbocycles. The summed E-state index contributed by atoms with van der Waals surface area (Å²) in [6.07, 6.45) is 0.833. The molecule has 0 aliphatic heterocycles. The maximum atomic E-state index is 11.8. The van der Waals surface area contributed by atoms with E-state index in [0.29, 0.717) is 11.6 Å². The molecule has 0 aliphatic carbocycles. The zero-order chi connectivity index (χ0) is 12.2. The van der Waals surface area contributed by atoms with Crippen LogP contribution in [0.5, 0.6) is 0 Å². The van der Waals surface area contributed by atoms with E-state index in [1.165, 1.54) is 0 Å². The second-order valence-corrected chi connectivity index (χ2v) is 4.98. The predicted molar refractivity (Wildman–Crippen MR) is 67.4 cm³/mol. The van der Waals surface area contributed by atoms with Gasteiger partial charge in [0, 0.05) is 17.0 Å². The highest BCUT2D eigenvalue weighted by molar-refractivity contribution is 6.30. The molecular formula is C13H18ClNO. The first kappa shape index (κ1) is 13.0. The number of carbonyl (C=O) groups excluding carboxylic acids is 1. The molecule has 0 atom stereocenters. The quantitative estimate of drug-likeness (QED) is 0.858. The first-order chi connectivity index (χ1) is 7.45. The lowest BCUT2D eigenvalue weighted by Gasteiger charge is -2.21. The molecule has 1 amide bonds. The molecule has 2 nitrogen and oxygen atoms in total. The van der Waals surface area contributed by atoms with Crippen molar-refractivity contribution in [3.63, 3.8) is 0 Å². The third kappa shape index (κ3) is 3.53. The number of hydrogen-bond donors (Lipinski definition) is 1. The van der Waals surface area contributed by atoms with E-state index in [4.69, 9.17) is 11.6 Å². The van der Waals surface area contributed by atoms with E-state index in [1.807, 2.05) is 45.0 Å². The largest absolute Gasteiger partial charge is 0.352 e. The zero-order valence-electron chi connectivity index (χ0n) is 10.0. The van der Waals surface area contributed by atoms with Crippen LogP contribution in [0.4, 0.5) is 0 Å². The van der Waals surface area contributed by atoms with E-state index in [9.17, 15) is 4.79 Å². The van der Waals surface area contributed by atoms with Crippen molar-refractivity contribution in [1.29, 1.82) is 0 Å². The summed E-state index contributed by atoms with van der Waals surface area (Å²) in [6.45, 7) is 6.47. The summed E-state index contributed by atoms with van der Waals surface area (Å²) in [6, 6.07) is 7.49. The Balaban J connectivity index is 2.52. The Bertz CT molecular complexity index is 357. The summed E-state index contributed by atoms with van der Waals surface area (Å²) in [5.74, 6) is 0.0879. The Labute approximate surface area is 102 Å². The number of amides is 1. The minimum atomic E-state index is -0.299. The van der Waals surface area contributed by atoms with Gasteiger partial charge in [-0.2, -0.15) is 0 Å². The molecule has 3 heteroatoms. The molecule has 0 aliphatic rings. The fourth-order valence-electron chi connectivity index (χ4n) is 1.18. The second-order valence-electron chi connectivity index (χ2n) is 4.55. The monoisotopic (exact) mass is 239 g/mol. The normalized spacial score (nSPS) is 11.2. The average Bonchev–Trinajstić information content (AvgIpc) is 2.28. The molecule has 1 rings (SSSR count). The van der Waals surface area contributed by atoms with Crippen LogP contribution in [0.25, 0.3) is 0 Å². The van der Waals surface area contributed by atoms with Crippen molar-refractivity contribution in [1.82, 2.24) is 5.32 Å². The molecule has 0 radical (unpaired) electrons. The Kier molecular flexibility index (Phi) is 4.36. The molecule has 88 valence electrons. The van der Waals surface area contributed by atoms with Crippen LogP contribution in [0.15, 0.2) is 24.3 Å². The van der Waals surface area contributed by atoms with Gasteiger partial charge in [-0.25, -0.2) is 0 Å². The Morgan fingerprint density at radius 2 is 1.88 bits per heavy atom. The summed E-state index contributed by atoms with van der Waals surface area (Å²) < 4.78 is 0. The van der Waals surface area contributed by atoms with Crippen LogP contribution < -0.4 is 5.32 Å². The minimum absolute atomic E-state index is 0.0879. The van der Waals surface area contributed by atoms with Gasteiger partial charge in [-0.05, 0) is 24.1 Å². The number of nitrogens with one attached hydrogen (secondary N) is 1. The van der Waals surface area contributed by atoms with Gasteiger partial charge in [0.15, 0.2) is 0 Å². The first-order valence-corrected chi connectivity index (χ1v) is 5.86. The number of halogens is 1. The van der Waals surface area contributed by atoms with Gasteiger partial charge < -0.3 is 5.32 Å². The van der Waals surface area contributed by atoms with E-state index in [-0.39, 0.29) is 11.3 Å². The molecular weight excluding hydrogens is 222 g/mol. The van der Waals surface area contributed by atoms with Crippen molar-refractivity contribution >= 4 is 17.5 Å². The molecule has 0 bridgehead atoms. The van der Waals surface area contributed by atoms with Crippen molar-refractivity contribution in [3.05, 3.63) is 34.9 Å². The Morgan fingerprint density at radius 3 is 2.38 bits per heavy atom. The lowest BCUT2D eigenvalue weighted by molar-refractivity contribution is -0.129. The van der Waals surface area contributed by atoms with Gasteiger partial charge in [-0.15, -0.1) is 0 Å². The van der Waals surface area contributed by atoms with E-state index in [0.717, 1.165) is 12.0 Å². The summed E-state index contributed by atoms with van der Waals surface area (Å²) in [5, 5.41) is 3.64. The van der Waals surface area contributed by atoms with Gasteiger partial charge in [0.2, 0.25) is 5.91 Å². The Morgan fingerprint density at radius 1 is 1.31 bits per heavy atom. The van der Waals surface area contributed by atoms with Crippen molar-refractivity contribution in [3.8, 4) is 0 Å². The van der Waals surface area contributed by atoms with E-state index in [2.05, 4.69) is 5.32 Å². The van der Waals surface area contributed by atoms with E-state index >= 15 is 0 Å². The number of hydrogen-bond acceptors (Lipinski definition) is 1. The third-order valence-corrected chi connectivity index (χ3v) is 3.12. The fourth-order valence-corrected chi connectivity index (χ4v) is 1.31. The molecule has 0 aromatic heterocycles. The number of benzene rings is 1. The highest BCUT2D eigenvalue weighted by Gasteiger charge is 2.24. The van der Waals surface area contributed by atoms with Crippen LogP contribution >= 0.6 is 11.6 Å². The SMILES string of the molecule is CCC(C)(C)C(=O)NCc1ccc(Cl)cc1. The molecule has 16 heavy (non-hydrogen) atoms. The van der Waals surface area contributed by atoms with E-state index in [1.54, 1.807) is 0 Å². The molecule has 1 N–H and O–H groups in total. The maximum Gasteiger partial charge on any atom is 0.225 e. The van der Waals surface area contributed by atoms with Crippen molar-refractivity contribution in [2.24, 2.45) is 5.41 Å². The van der Waals surface area contributed by atoms with Gasteiger partial charge in [0.25, 0.3) is 0 Å².